The van der Waals surface area contributed by atoms with Gasteiger partial charge < -0.3 is 20.3 Å². The SMILES string of the molecule is OCC(F)(F)CNCC(O)COc1c(Cl)cccc1Cl. The molecule has 1 aromatic rings. The largest absolute Gasteiger partial charge is 0.488 e. The Morgan fingerprint density at radius 2 is 1.90 bits per heavy atom. The fourth-order valence-electron chi connectivity index (χ4n) is 1.34. The van der Waals surface area contributed by atoms with E-state index in [0.29, 0.717) is 10.0 Å². The molecule has 0 aliphatic rings. The van der Waals surface area contributed by atoms with Crippen molar-refractivity contribution in [2.45, 2.75) is 12.0 Å². The Kier molecular flexibility index (Phi) is 6.91. The molecule has 0 aliphatic heterocycles. The van der Waals surface area contributed by atoms with Crippen molar-refractivity contribution in [1.82, 2.24) is 5.32 Å². The van der Waals surface area contributed by atoms with Crippen LogP contribution in [0.4, 0.5) is 8.78 Å². The molecule has 0 saturated heterocycles. The number of benzene rings is 1. The van der Waals surface area contributed by atoms with Crippen LogP contribution in [0.1, 0.15) is 0 Å². The summed E-state index contributed by atoms with van der Waals surface area (Å²) in [5, 5.41) is 20.9. The molecule has 0 aromatic heterocycles. The van der Waals surface area contributed by atoms with E-state index in [1.165, 1.54) is 0 Å². The van der Waals surface area contributed by atoms with E-state index in [9.17, 15) is 13.9 Å². The number of halogens is 4. The van der Waals surface area contributed by atoms with Gasteiger partial charge in [-0.1, -0.05) is 29.3 Å². The lowest BCUT2D eigenvalue weighted by molar-refractivity contribution is -0.0493. The first-order valence-corrected chi connectivity index (χ1v) is 6.55. The van der Waals surface area contributed by atoms with Crippen molar-refractivity contribution in [2.24, 2.45) is 0 Å². The highest BCUT2D eigenvalue weighted by atomic mass is 35.5. The predicted molar refractivity (Wildman–Crippen MR) is 72.9 cm³/mol. The van der Waals surface area contributed by atoms with Crippen LogP contribution in [0.2, 0.25) is 10.0 Å². The van der Waals surface area contributed by atoms with Gasteiger partial charge in [-0.15, -0.1) is 0 Å². The number of ether oxygens (including phenoxy) is 1. The molecule has 1 rings (SSSR count). The van der Waals surface area contributed by atoms with Crippen LogP contribution in [0.3, 0.4) is 0 Å². The molecular weight excluding hydrogens is 315 g/mol. The van der Waals surface area contributed by atoms with Gasteiger partial charge in [-0.2, -0.15) is 0 Å². The first-order chi connectivity index (χ1) is 9.35. The molecule has 0 radical (unpaired) electrons. The highest BCUT2D eigenvalue weighted by molar-refractivity contribution is 6.37. The summed E-state index contributed by atoms with van der Waals surface area (Å²) in [7, 11) is 0. The summed E-state index contributed by atoms with van der Waals surface area (Å²) in [6.45, 7) is -2.24. The molecule has 1 unspecified atom stereocenters. The second kappa shape index (κ2) is 7.95. The van der Waals surface area contributed by atoms with Crippen molar-refractivity contribution in [1.29, 1.82) is 0 Å². The van der Waals surface area contributed by atoms with Gasteiger partial charge in [0.1, 0.15) is 19.3 Å². The van der Waals surface area contributed by atoms with Crippen molar-refractivity contribution in [3.63, 3.8) is 0 Å². The molecule has 0 amide bonds. The highest BCUT2D eigenvalue weighted by Gasteiger charge is 2.27. The van der Waals surface area contributed by atoms with E-state index in [-0.39, 0.29) is 18.9 Å². The van der Waals surface area contributed by atoms with E-state index in [0.717, 1.165) is 0 Å². The Bertz CT molecular complexity index is 415. The Morgan fingerprint density at radius 1 is 1.30 bits per heavy atom. The third-order valence-electron chi connectivity index (χ3n) is 2.33. The molecule has 0 heterocycles. The monoisotopic (exact) mass is 329 g/mol. The van der Waals surface area contributed by atoms with E-state index in [1.54, 1.807) is 18.2 Å². The van der Waals surface area contributed by atoms with Gasteiger partial charge in [0.15, 0.2) is 5.75 Å². The first-order valence-electron chi connectivity index (χ1n) is 5.80. The second-order valence-electron chi connectivity index (χ2n) is 4.16. The summed E-state index contributed by atoms with van der Waals surface area (Å²) in [5.41, 5.74) is 0. The smallest absolute Gasteiger partial charge is 0.282 e. The van der Waals surface area contributed by atoms with Crippen LogP contribution in [-0.4, -0.2) is 48.5 Å². The summed E-state index contributed by atoms with van der Waals surface area (Å²) >= 11 is 11.7. The Hall–Kier alpha value is -0.660. The van der Waals surface area contributed by atoms with Crippen molar-refractivity contribution in [3.05, 3.63) is 28.2 Å². The lowest BCUT2D eigenvalue weighted by atomic mass is 10.3. The molecule has 114 valence electrons. The standard InChI is InChI=1S/C12H15Cl2F2NO3/c13-9-2-1-3-10(14)11(9)20-5-8(19)4-17-6-12(15,16)7-18/h1-3,8,17-19H,4-7H2. The average Bonchev–Trinajstić information content (AvgIpc) is 2.38. The van der Waals surface area contributed by atoms with Crippen LogP contribution in [0.15, 0.2) is 18.2 Å². The Labute approximate surface area is 125 Å². The van der Waals surface area contributed by atoms with Gasteiger partial charge in [-0.05, 0) is 12.1 Å². The predicted octanol–water partition coefficient (Wildman–Crippen LogP) is 1.95. The fraction of sp³-hybridized carbons (Fsp3) is 0.500. The third-order valence-corrected chi connectivity index (χ3v) is 2.93. The molecule has 0 aliphatic carbocycles. The minimum atomic E-state index is -3.22. The third kappa shape index (κ3) is 5.76. The number of nitrogens with one attached hydrogen (secondary N) is 1. The summed E-state index contributed by atoms with van der Waals surface area (Å²) < 4.78 is 30.6. The zero-order chi connectivity index (χ0) is 15.2. The van der Waals surface area contributed by atoms with Crippen LogP contribution in [0, 0.1) is 0 Å². The van der Waals surface area contributed by atoms with E-state index in [1.807, 2.05) is 0 Å². The highest BCUT2D eigenvalue weighted by Crippen LogP contribution is 2.32. The van der Waals surface area contributed by atoms with E-state index < -0.39 is 25.2 Å². The molecule has 0 fully saturated rings. The Morgan fingerprint density at radius 3 is 2.45 bits per heavy atom. The van der Waals surface area contributed by atoms with Crippen LogP contribution in [0.25, 0.3) is 0 Å². The van der Waals surface area contributed by atoms with Gasteiger partial charge in [0.25, 0.3) is 5.92 Å². The summed E-state index contributed by atoms with van der Waals surface area (Å²) in [6.07, 6.45) is -1.02. The minimum Gasteiger partial charge on any atom is -0.488 e. The van der Waals surface area contributed by atoms with Gasteiger partial charge >= 0.3 is 0 Å². The van der Waals surface area contributed by atoms with Gasteiger partial charge in [0.05, 0.1) is 16.6 Å². The van der Waals surface area contributed by atoms with Crippen molar-refractivity contribution < 1.29 is 23.7 Å². The Balaban J connectivity index is 2.35. The minimum absolute atomic E-state index is 0.113. The van der Waals surface area contributed by atoms with Gasteiger partial charge in [-0.25, -0.2) is 8.78 Å². The van der Waals surface area contributed by atoms with E-state index in [2.05, 4.69) is 5.32 Å². The number of hydrogen-bond donors (Lipinski definition) is 3. The maximum absolute atomic E-state index is 12.7. The number of aliphatic hydroxyl groups is 2. The average molecular weight is 330 g/mol. The second-order valence-corrected chi connectivity index (χ2v) is 4.97. The maximum Gasteiger partial charge on any atom is 0.282 e. The molecule has 0 bridgehead atoms. The summed E-state index contributed by atoms with van der Waals surface area (Å²) in [6, 6.07) is 4.80. The molecule has 1 atom stereocenters. The van der Waals surface area contributed by atoms with Crippen molar-refractivity contribution in [3.8, 4) is 5.75 Å². The molecule has 0 saturated carbocycles. The van der Waals surface area contributed by atoms with Crippen LogP contribution < -0.4 is 10.1 Å². The molecule has 0 spiro atoms. The lowest BCUT2D eigenvalue weighted by Crippen LogP contribution is -2.40. The van der Waals surface area contributed by atoms with Gasteiger partial charge in [0.2, 0.25) is 0 Å². The van der Waals surface area contributed by atoms with Gasteiger partial charge in [-0.3, -0.25) is 0 Å². The normalized spacial score (nSPS) is 13.3. The van der Waals surface area contributed by atoms with Crippen LogP contribution in [-0.2, 0) is 0 Å². The molecule has 20 heavy (non-hydrogen) atoms. The molecule has 1 aromatic carbocycles. The van der Waals surface area contributed by atoms with Gasteiger partial charge in [0, 0.05) is 6.54 Å². The molecule has 8 heteroatoms. The topological polar surface area (TPSA) is 61.7 Å². The molecule has 4 nitrogen and oxygen atoms in total. The number of aliphatic hydroxyl groups excluding tert-OH is 2. The first kappa shape index (κ1) is 17.4. The number of hydrogen-bond acceptors (Lipinski definition) is 4. The zero-order valence-corrected chi connectivity index (χ0v) is 12.0. The summed E-state index contributed by atoms with van der Waals surface area (Å²) in [5.74, 6) is -2.98. The van der Waals surface area contributed by atoms with Crippen molar-refractivity contribution in [2.75, 3.05) is 26.3 Å². The van der Waals surface area contributed by atoms with Crippen LogP contribution in [0.5, 0.6) is 5.75 Å². The number of para-hydroxylation sites is 1. The quantitative estimate of drug-likeness (QED) is 0.682. The van der Waals surface area contributed by atoms with Crippen molar-refractivity contribution >= 4 is 23.2 Å². The van der Waals surface area contributed by atoms with E-state index in [4.69, 9.17) is 33.0 Å². The van der Waals surface area contributed by atoms with E-state index >= 15 is 0 Å². The number of rotatable bonds is 8. The zero-order valence-electron chi connectivity index (χ0n) is 10.5. The molecular formula is C12H15Cl2F2NO3. The fourth-order valence-corrected chi connectivity index (χ4v) is 1.84. The number of alkyl halides is 2. The maximum atomic E-state index is 12.7. The lowest BCUT2D eigenvalue weighted by Gasteiger charge is -2.17. The summed E-state index contributed by atoms with van der Waals surface area (Å²) in [4.78, 5) is 0. The molecule has 3 N–H and O–H groups in total. The van der Waals surface area contributed by atoms with Crippen LogP contribution >= 0.6 is 23.2 Å².